The molecule has 5 heteroatoms. The summed E-state index contributed by atoms with van der Waals surface area (Å²) in [6, 6.07) is 0.414. The first-order valence-corrected chi connectivity index (χ1v) is 7.49. The van der Waals surface area contributed by atoms with Crippen molar-refractivity contribution in [2.45, 2.75) is 51.6 Å². The maximum absolute atomic E-state index is 12.0. The van der Waals surface area contributed by atoms with Crippen molar-refractivity contribution in [3.8, 4) is 0 Å². The third kappa shape index (κ3) is 3.20. The van der Waals surface area contributed by atoms with Gasteiger partial charge in [0, 0.05) is 38.4 Å². The summed E-state index contributed by atoms with van der Waals surface area (Å²) in [4.78, 5) is 23.7. The first-order chi connectivity index (χ1) is 9.50. The minimum atomic E-state index is -0.279. The van der Waals surface area contributed by atoms with E-state index in [1.165, 1.54) is 48.3 Å². The molecule has 1 aromatic heterocycles. The van der Waals surface area contributed by atoms with Crippen LogP contribution in [0.1, 0.15) is 44.6 Å². The molecule has 1 aromatic rings. The van der Waals surface area contributed by atoms with Gasteiger partial charge in [0.25, 0.3) is 5.56 Å². The third-order valence-corrected chi connectivity index (χ3v) is 4.49. The van der Waals surface area contributed by atoms with Crippen molar-refractivity contribution in [3.63, 3.8) is 0 Å². The van der Waals surface area contributed by atoms with E-state index in [1.54, 1.807) is 13.2 Å². The quantitative estimate of drug-likeness (QED) is 0.899. The van der Waals surface area contributed by atoms with Gasteiger partial charge in [0.1, 0.15) is 0 Å². The highest BCUT2D eigenvalue weighted by atomic mass is 16.2. The van der Waals surface area contributed by atoms with E-state index in [1.807, 2.05) is 0 Å². The number of nitrogens with one attached hydrogen (secondary N) is 1. The highest BCUT2D eigenvalue weighted by Crippen LogP contribution is 2.26. The van der Waals surface area contributed by atoms with Crippen LogP contribution in [0.25, 0.3) is 0 Å². The van der Waals surface area contributed by atoms with Crippen LogP contribution < -0.4 is 16.6 Å². The molecule has 5 nitrogen and oxygen atoms in total. The summed E-state index contributed by atoms with van der Waals surface area (Å²) in [5.74, 6) is 0.708. The standard InChI is InChI=1S/C15H25N3O2/c1-11(12-7-5-4-6-8-12)16-9-13-10-17(2)15(20)18(3)14(13)19/h10-12,16H,4-9H2,1-3H3/t11-/m1/s1. The Labute approximate surface area is 119 Å². The summed E-state index contributed by atoms with van der Waals surface area (Å²) in [6.07, 6.45) is 8.19. The van der Waals surface area contributed by atoms with E-state index in [-0.39, 0.29) is 11.2 Å². The van der Waals surface area contributed by atoms with Gasteiger partial charge in [0.05, 0.1) is 0 Å². The molecule has 0 radical (unpaired) electrons. The van der Waals surface area contributed by atoms with Crippen molar-refractivity contribution < 1.29 is 0 Å². The monoisotopic (exact) mass is 279 g/mol. The normalized spacial score (nSPS) is 18.1. The number of hydrogen-bond donors (Lipinski definition) is 1. The predicted molar refractivity (Wildman–Crippen MR) is 79.8 cm³/mol. The highest BCUT2D eigenvalue weighted by Gasteiger charge is 2.20. The van der Waals surface area contributed by atoms with Crippen LogP contribution >= 0.6 is 0 Å². The third-order valence-electron chi connectivity index (χ3n) is 4.49. The van der Waals surface area contributed by atoms with Crippen LogP contribution in [-0.2, 0) is 20.6 Å². The molecular formula is C15H25N3O2. The molecule has 20 heavy (non-hydrogen) atoms. The van der Waals surface area contributed by atoms with Crippen LogP contribution in [-0.4, -0.2) is 15.2 Å². The molecule has 1 N–H and O–H groups in total. The zero-order valence-corrected chi connectivity index (χ0v) is 12.7. The van der Waals surface area contributed by atoms with Crippen LogP contribution in [0.2, 0.25) is 0 Å². The lowest BCUT2D eigenvalue weighted by Crippen LogP contribution is -2.41. The molecule has 0 aliphatic heterocycles. The van der Waals surface area contributed by atoms with Crippen LogP contribution in [0.3, 0.4) is 0 Å². The maximum Gasteiger partial charge on any atom is 0.330 e. The molecular weight excluding hydrogens is 254 g/mol. The molecule has 1 heterocycles. The van der Waals surface area contributed by atoms with E-state index in [0.717, 1.165) is 0 Å². The molecule has 112 valence electrons. The molecule has 0 amide bonds. The van der Waals surface area contributed by atoms with E-state index in [0.29, 0.717) is 24.1 Å². The highest BCUT2D eigenvalue weighted by molar-refractivity contribution is 5.05. The fraction of sp³-hybridized carbons (Fsp3) is 0.733. The van der Waals surface area contributed by atoms with E-state index in [9.17, 15) is 9.59 Å². The van der Waals surface area contributed by atoms with E-state index in [2.05, 4.69) is 12.2 Å². The Morgan fingerprint density at radius 3 is 2.55 bits per heavy atom. The minimum absolute atomic E-state index is 0.198. The van der Waals surface area contributed by atoms with Crippen molar-refractivity contribution in [1.29, 1.82) is 0 Å². The van der Waals surface area contributed by atoms with Gasteiger partial charge in [0.2, 0.25) is 0 Å². The number of aryl methyl sites for hydroxylation is 1. The van der Waals surface area contributed by atoms with Gasteiger partial charge in [-0.1, -0.05) is 19.3 Å². The smallest absolute Gasteiger partial charge is 0.310 e. The Kier molecular flexibility index (Phi) is 4.81. The fourth-order valence-electron chi connectivity index (χ4n) is 3.08. The first kappa shape index (κ1) is 15.0. The zero-order valence-electron chi connectivity index (χ0n) is 12.7. The maximum atomic E-state index is 12.0. The molecule has 1 aliphatic rings. The first-order valence-electron chi connectivity index (χ1n) is 7.49. The Morgan fingerprint density at radius 2 is 1.90 bits per heavy atom. The Balaban J connectivity index is 2.04. The van der Waals surface area contributed by atoms with Crippen molar-refractivity contribution in [3.05, 3.63) is 32.6 Å². The van der Waals surface area contributed by atoms with Crippen molar-refractivity contribution >= 4 is 0 Å². The van der Waals surface area contributed by atoms with Gasteiger partial charge in [-0.2, -0.15) is 0 Å². The molecule has 2 rings (SSSR count). The molecule has 0 bridgehead atoms. The summed E-state index contributed by atoms with van der Waals surface area (Å²) in [5, 5.41) is 3.45. The minimum Gasteiger partial charge on any atom is -0.310 e. The van der Waals surface area contributed by atoms with Gasteiger partial charge in [-0.05, 0) is 25.7 Å². The van der Waals surface area contributed by atoms with Gasteiger partial charge in [-0.3, -0.25) is 9.36 Å². The van der Waals surface area contributed by atoms with Gasteiger partial charge in [-0.15, -0.1) is 0 Å². The lowest BCUT2D eigenvalue weighted by atomic mass is 9.84. The van der Waals surface area contributed by atoms with Crippen LogP contribution in [0.5, 0.6) is 0 Å². The average Bonchev–Trinajstić information content (AvgIpc) is 2.48. The summed E-state index contributed by atoms with van der Waals surface area (Å²) < 4.78 is 2.63. The molecule has 1 saturated carbocycles. The molecule has 0 saturated heterocycles. The van der Waals surface area contributed by atoms with Crippen LogP contribution in [0.15, 0.2) is 15.8 Å². The Bertz CT molecular complexity index is 567. The summed E-state index contributed by atoms with van der Waals surface area (Å²) >= 11 is 0. The van der Waals surface area contributed by atoms with Crippen LogP contribution in [0, 0.1) is 5.92 Å². The van der Waals surface area contributed by atoms with E-state index in [4.69, 9.17) is 0 Å². The number of rotatable bonds is 4. The Hall–Kier alpha value is -1.36. The largest absolute Gasteiger partial charge is 0.330 e. The zero-order chi connectivity index (χ0) is 14.7. The van der Waals surface area contributed by atoms with Gasteiger partial charge < -0.3 is 9.88 Å². The second-order valence-corrected chi connectivity index (χ2v) is 5.98. The van der Waals surface area contributed by atoms with Gasteiger partial charge in [-0.25, -0.2) is 4.79 Å². The predicted octanol–water partition coefficient (Wildman–Crippen LogP) is 1.14. The average molecular weight is 279 g/mol. The summed E-state index contributed by atoms with van der Waals surface area (Å²) in [5.41, 5.74) is 0.174. The van der Waals surface area contributed by atoms with Gasteiger partial charge in [0.15, 0.2) is 0 Å². The van der Waals surface area contributed by atoms with Crippen molar-refractivity contribution in [2.24, 2.45) is 20.0 Å². The fourth-order valence-corrected chi connectivity index (χ4v) is 3.08. The van der Waals surface area contributed by atoms with Crippen molar-refractivity contribution in [1.82, 2.24) is 14.5 Å². The van der Waals surface area contributed by atoms with E-state index >= 15 is 0 Å². The second kappa shape index (κ2) is 6.39. The number of hydrogen-bond acceptors (Lipinski definition) is 3. The lowest BCUT2D eigenvalue weighted by Gasteiger charge is -2.28. The van der Waals surface area contributed by atoms with Gasteiger partial charge >= 0.3 is 5.69 Å². The van der Waals surface area contributed by atoms with E-state index < -0.39 is 0 Å². The molecule has 1 fully saturated rings. The number of nitrogens with zero attached hydrogens (tertiary/aromatic N) is 2. The number of aromatic nitrogens is 2. The SMILES string of the molecule is C[C@@H](NCc1cn(C)c(=O)n(C)c1=O)C1CCCCC1. The lowest BCUT2D eigenvalue weighted by molar-refractivity contribution is 0.280. The molecule has 1 aliphatic carbocycles. The summed E-state index contributed by atoms with van der Waals surface area (Å²) in [7, 11) is 3.20. The molecule has 0 aromatic carbocycles. The molecule has 1 atom stereocenters. The summed E-state index contributed by atoms with van der Waals surface area (Å²) in [6.45, 7) is 2.72. The van der Waals surface area contributed by atoms with Crippen LogP contribution in [0.4, 0.5) is 0 Å². The topological polar surface area (TPSA) is 56.0 Å². The molecule has 0 unspecified atom stereocenters. The van der Waals surface area contributed by atoms with Crippen molar-refractivity contribution in [2.75, 3.05) is 0 Å². The second-order valence-electron chi connectivity index (χ2n) is 5.98. The molecule has 0 spiro atoms. The Morgan fingerprint density at radius 1 is 1.25 bits per heavy atom.